The summed E-state index contributed by atoms with van der Waals surface area (Å²) in [6, 6.07) is 8.22. The number of aliphatic hydroxyl groups excluding tert-OH is 2. The summed E-state index contributed by atoms with van der Waals surface area (Å²) in [4.78, 5) is 33.4. The Hall–Kier alpha value is -4.17. The number of primary amides is 1. The maximum atomic E-state index is 13.9. The van der Waals surface area contributed by atoms with Gasteiger partial charge in [-0.25, -0.2) is 4.98 Å². The lowest BCUT2D eigenvalue weighted by atomic mass is 9.81. The summed E-state index contributed by atoms with van der Waals surface area (Å²) >= 11 is 0. The first-order valence-corrected chi connectivity index (χ1v) is 13.4. The van der Waals surface area contributed by atoms with E-state index in [0.29, 0.717) is 12.1 Å². The highest BCUT2D eigenvalue weighted by Crippen LogP contribution is 2.41. The van der Waals surface area contributed by atoms with Crippen molar-refractivity contribution in [3.63, 3.8) is 0 Å². The molecule has 1 aromatic heterocycles. The van der Waals surface area contributed by atoms with Crippen LogP contribution in [0, 0.1) is 0 Å². The summed E-state index contributed by atoms with van der Waals surface area (Å²) in [6.07, 6.45) is -9.45. The molecule has 0 unspecified atom stereocenters. The first-order valence-electron chi connectivity index (χ1n) is 13.4. The van der Waals surface area contributed by atoms with Crippen LogP contribution in [0.1, 0.15) is 47.3 Å². The summed E-state index contributed by atoms with van der Waals surface area (Å²) in [5, 5.41) is 20.0. The van der Waals surface area contributed by atoms with Gasteiger partial charge in [-0.2, -0.15) is 26.3 Å². The molecule has 1 aliphatic rings. The van der Waals surface area contributed by atoms with Crippen molar-refractivity contribution >= 4 is 23.3 Å². The van der Waals surface area contributed by atoms with Crippen molar-refractivity contribution in [2.45, 2.75) is 50.2 Å². The van der Waals surface area contributed by atoms with E-state index < -0.39 is 58.4 Å². The van der Waals surface area contributed by atoms with E-state index in [4.69, 9.17) is 5.73 Å². The second kappa shape index (κ2) is 11.7. The molecule has 0 radical (unpaired) electrons. The Balaban J connectivity index is 1.87. The third-order valence-electron chi connectivity index (χ3n) is 7.76. The van der Waals surface area contributed by atoms with Crippen molar-refractivity contribution in [3.05, 3.63) is 77.0 Å². The molecule has 0 spiro atoms. The minimum Gasteiger partial charge on any atom is -0.394 e. The van der Waals surface area contributed by atoms with Gasteiger partial charge in [0, 0.05) is 24.7 Å². The van der Waals surface area contributed by atoms with Crippen LogP contribution in [0.2, 0.25) is 0 Å². The molecule has 0 bridgehead atoms. The van der Waals surface area contributed by atoms with Gasteiger partial charge in [0.25, 0.3) is 0 Å². The molecule has 3 aromatic rings. The molecule has 236 valence electrons. The SMILES string of the molecule is CN(C(=O)C(C)(C)c1cc(C(F)(F)F)cc(C(F)(F)F)c1)c1cnc(N2C[C@H](O)C[C@H]2CO)cc1-c1ccccc1C(N)=O. The van der Waals surface area contributed by atoms with Gasteiger partial charge in [-0.15, -0.1) is 0 Å². The first-order chi connectivity index (χ1) is 20.4. The zero-order valence-electron chi connectivity index (χ0n) is 23.9. The largest absolute Gasteiger partial charge is 0.416 e. The van der Waals surface area contributed by atoms with Crippen LogP contribution in [0.5, 0.6) is 0 Å². The molecule has 2 heterocycles. The fourth-order valence-electron chi connectivity index (χ4n) is 5.32. The number of likely N-dealkylation sites (N-methyl/N-ethyl adjacent to an activating group) is 1. The fraction of sp³-hybridized carbons (Fsp3) is 0.367. The molecule has 14 heteroatoms. The zero-order valence-corrected chi connectivity index (χ0v) is 23.9. The molecule has 1 fully saturated rings. The Labute approximate surface area is 248 Å². The molecule has 1 saturated heterocycles. The second-order valence-corrected chi connectivity index (χ2v) is 11.1. The van der Waals surface area contributed by atoms with E-state index in [1.165, 1.54) is 39.2 Å². The van der Waals surface area contributed by atoms with E-state index in [-0.39, 0.29) is 53.8 Å². The van der Waals surface area contributed by atoms with Crippen LogP contribution < -0.4 is 15.5 Å². The van der Waals surface area contributed by atoms with Gasteiger partial charge < -0.3 is 25.7 Å². The highest BCUT2D eigenvalue weighted by atomic mass is 19.4. The maximum absolute atomic E-state index is 13.9. The van der Waals surface area contributed by atoms with Crippen molar-refractivity contribution in [1.82, 2.24) is 4.98 Å². The number of rotatable bonds is 7. The van der Waals surface area contributed by atoms with E-state index in [1.54, 1.807) is 23.1 Å². The Morgan fingerprint density at radius 1 is 0.977 bits per heavy atom. The second-order valence-electron chi connectivity index (χ2n) is 11.1. The molecular weight excluding hydrogens is 594 g/mol. The van der Waals surface area contributed by atoms with E-state index in [9.17, 15) is 46.1 Å². The van der Waals surface area contributed by atoms with Crippen LogP contribution in [-0.4, -0.2) is 59.4 Å². The Bertz CT molecular complexity index is 1540. The number of anilines is 2. The van der Waals surface area contributed by atoms with Crippen LogP contribution >= 0.6 is 0 Å². The number of β-amino-alcohol motifs (C(OH)–C–C–N with tert-alkyl or cyclic N) is 1. The number of carbonyl (C=O) groups is 2. The van der Waals surface area contributed by atoms with Crippen molar-refractivity contribution < 1.29 is 46.1 Å². The fourth-order valence-corrected chi connectivity index (χ4v) is 5.32. The minimum atomic E-state index is -5.11. The lowest BCUT2D eigenvalue weighted by Crippen LogP contribution is -2.42. The van der Waals surface area contributed by atoms with E-state index in [2.05, 4.69) is 4.98 Å². The third-order valence-corrected chi connectivity index (χ3v) is 7.76. The number of halogens is 6. The molecule has 2 atom stereocenters. The average molecular weight is 625 g/mol. The number of carbonyl (C=O) groups excluding carboxylic acids is 2. The number of alkyl halides is 6. The molecule has 1 aliphatic heterocycles. The lowest BCUT2D eigenvalue weighted by molar-refractivity contribution is -0.143. The predicted octanol–water partition coefficient (Wildman–Crippen LogP) is 4.76. The Morgan fingerprint density at radius 2 is 1.55 bits per heavy atom. The quantitative estimate of drug-likeness (QED) is 0.327. The van der Waals surface area contributed by atoms with Crippen molar-refractivity contribution in [2.24, 2.45) is 5.73 Å². The smallest absolute Gasteiger partial charge is 0.394 e. The Morgan fingerprint density at radius 3 is 2.09 bits per heavy atom. The molecule has 0 aliphatic carbocycles. The van der Waals surface area contributed by atoms with Gasteiger partial charge in [0.05, 0.1) is 47.2 Å². The summed E-state index contributed by atoms with van der Waals surface area (Å²) < 4.78 is 81.6. The first kappa shape index (κ1) is 32.7. The number of pyridine rings is 1. The number of hydrogen-bond donors (Lipinski definition) is 3. The number of nitrogens with two attached hydrogens (primary N) is 1. The standard InChI is InChI=1S/C30H30F6N4O4/c1-28(2,16-8-17(29(31,32)33)10-18(9-16)30(34,35)36)27(44)39(3)24-13-38-25(40-14-20(42)11-19(40)15-41)12-23(24)21-6-4-5-7-22(21)26(37)43/h4-10,12-13,19-20,41-42H,11,14-15H2,1-3H3,(H2,37,43)/t19-,20+/m0/s1. The van der Waals surface area contributed by atoms with Gasteiger partial charge in [-0.1, -0.05) is 18.2 Å². The van der Waals surface area contributed by atoms with Crippen molar-refractivity contribution in [1.29, 1.82) is 0 Å². The molecule has 2 amide bonds. The zero-order chi connectivity index (χ0) is 32.8. The monoisotopic (exact) mass is 624 g/mol. The summed E-state index contributed by atoms with van der Waals surface area (Å²) in [5.74, 6) is -1.39. The number of nitrogens with zero attached hydrogens (tertiary/aromatic N) is 3. The summed E-state index contributed by atoms with van der Waals surface area (Å²) in [6.45, 7) is 2.25. The molecule has 4 N–H and O–H groups in total. The van der Waals surface area contributed by atoms with Gasteiger partial charge >= 0.3 is 12.4 Å². The minimum absolute atomic E-state index is 0.00970. The number of benzene rings is 2. The molecule has 8 nitrogen and oxygen atoms in total. The van der Waals surface area contributed by atoms with Crippen LogP contribution in [0.15, 0.2) is 54.7 Å². The number of hydrogen-bond acceptors (Lipinski definition) is 6. The third kappa shape index (κ3) is 6.36. The number of aliphatic hydroxyl groups is 2. The van der Waals surface area contributed by atoms with Gasteiger partial charge in [0.1, 0.15) is 5.82 Å². The van der Waals surface area contributed by atoms with Gasteiger partial charge in [-0.3, -0.25) is 9.59 Å². The molecule has 0 saturated carbocycles. The molecule has 2 aromatic carbocycles. The maximum Gasteiger partial charge on any atom is 0.416 e. The van der Waals surface area contributed by atoms with Crippen molar-refractivity contribution in [3.8, 4) is 11.1 Å². The van der Waals surface area contributed by atoms with E-state index in [1.807, 2.05) is 0 Å². The summed E-state index contributed by atoms with van der Waals surface area (Å²) in [5.41, 5.74) is 0.731. The Kier molecular flexibility index (Phi) is 8.73. The van der Waals surface area contributed by atoms with E-state index in [0.717, 1.165) is 4.90 Å². The highest BCUT2D eigenvalue weighted by Gasteiger charge is 2.41. The van der Waals surface area contributed by atoms with Crippen LogP contribution in [0.3, 0.4) is 0 Å². The van der Waals surface area contributed by atoms with Gasteiger partial charge in [0.2, 0.25) is 11.8 Å². The molecule has 4 rings (SSSR count). The van der Waals surface area contributed by atoms with Crippen LogP contribution in [0.25, 0.3) is 11.1 Å². The van der Waals surface area contributed by atoms with Gasteiger partial charge in [0.15, 0.2) is 0 Å². The summed E-state index contributed by atoms with van der Waals surface area (Å²) in [7, 11) is 1.28. The lowest BCUT2D eigenvalue weighted by Gasteiger charge is -2.32. The molecule has 44 heavy (non-hydrogen) atoms. The van der Waals surface area contributed by atoms with Crippen LogP contribution in [-0.2, 0) is 22.6 Å². The topological polar surface area (TPSA) is 120 Å². The number of amides is 2. The normalized spacial score (nSPS) is 17.6. The highest BCUT2D eigenvalue weighted by molar-refractivity contribution is 6.06. The molecular formula is C30H30F6N4O4. The average Bonchev–Trinajstić information content (AvgIpc) is 3.35. The van der Waals surface area contributed by atoms with Crippen molar-refractivity contribution in [2.75, 3.05) is 30.0 Å². The predicted molar refractivity (Wildman–Crippen MR) is 150 cm³/mol. The van der Waals surface area contributed by atoms with Crippen LogP contribution in [0.4, 0.5) is 37.8 Å². The van der Waals surface area contributed by atoms with E-state index >= 15 is 0 Å². The van der Waals surface area contributed by atoms with Gasteiger partial charge in [-0.05, 0) is 61.7 Å². The number of aromatic nitrogens is 1.